The van der Waals surface area contributed by atoms with E-state index in [2.05, 4.69) is 12.2 Å². The highest BCUT2D eigenvalue weighted by Gasteiger charge is 2.44. The summed E-state index contributed by atoms with van der Waals surface area (Å²) in [5.74, 6) is 0.827. The van der Waals surface area contributed by atoms with Gasteiger partial charge in [-0.15, -0.1) is 0 Å². The number of carbonyl (C=O) groups excluding carboxylic acids is 1. The maximum absolute atomic E-state index is 13.4. The highest BCUT2D eigenvalue weighted by Crippen LogP contribution is 2.40. The molecule has 0 radical (unpaired) electrons. The minimum absolute atomic E-state index is 0.0157. The highest BCUT2D eigenvalue weighted by atomic mass is 16.5. The minimum Gasteiger partial charge on any atom is -0.491 e. The fourth-order valence-corrected chi connectivity index (χ4v) is 4.37. The number of amides is 1. The molecular formula is C24H30N2O4. The van der Waals surface area contributed by atoms with Crippen molar-refractivity contribution >= 4 is 11.6 Å². The van der Waals surface area contributed by atoms with Gasteiger partial charge in [0, 0.05) is 25.9 Å². The molecule has 2 aromatic carbocycles. The number of anilines is 1. The van der Waals surface area contributed by atoms with Gasteiger partial charge in [0.1, 0.15) is 18.0 Å². The summed E-state index contributed by atoms with van der Waals surface area (Å²) in [4.78, 5) is 15.3. The van der Waals surface area contributed by atoms with Gasteiger partial charge in [-0.25, -0.2) is 0 Å². The van der Waals surface area contributed by atoms with Crippen LogP contribution < -0.4 is 10.1 Å². The van der Waals surface area contributed by atoms with E-state index in [9.17, 15) is 4.79 Å². The van der Waals surface area contributed by atoms with Gasteiger partial charge >= 0.3 is 0 Å². The van der Waals surface area contributed by atoms with Crippen LogP contribution in [0.3, 0.4) is 0 Å². The van der Waals surface area contributed by atoms with Crippen LogP contribution in [0.5, 0.6) is 5.75 Å². The zero-order valence-corrected chi connectivity index (χ0v) is 17.7. The van der Waals surface area contributed by atoms with E-state index < -0.39 is 5.66 Å². The largest absolute Gasteiger partial charge is 0.491 e. The summed E-state index contributed by atoms with van der Waals surface area (Å²) in [6.07, 6.45) is 3.05. The summed E-state index contributed by atoms with van der Waals surface area (Å²) in [5, 5.41) is 3.65. The Balaban J connectivity index is 1.61. The number of para-hydroxylation sites is 1. The van der Waals surface area contributed by atoms with Gasteiger partial charge in [-0.1, -0.05) is 31.2 Å². The molecule has 0 aromatic heterocycles. The first kappa shape index (κ1) is 20.7. The molecule has 2 aromatic rings. The van der Waals surface area contributed by atoms with Gasteiger partial charge in [0.25, 0.3) is 5.91 Å². The van der Waals surface area contributed by atoms with Crippen molar-refractivity contribution in [3.63, 3.8) is 0 Å². The van der Waals surface area contributed by atoms with Crippen LogP contribution in [0.15, 0.2) is 48.5 Å². The third kappa shape index (κ3) is 3.89. The molecular weight excluding hydrogens is 380 g/mol. The Morgan fingerprint density at radius 1 is 1.20 bits per heavy atom. The fourth-order valence-electron chi connectivity index (χ4n) is 4.37. The van der Waals surface area contributed by atoms with E-state index >= 15 is 0 Å². The van der Waals surface area contributed by atoms with Crippen molar-refractivity contribution in [3.05, 3.63) is 59.7 Å². The predicted molar refractivity (Wildman–Crippen MR) is 116 cm³/mol. The van der Waals surface area contributed by atoms with Crippen LogP contribution in [0.25, 0.3) is 0 Å². The first-order valence-electron chi connectivity index (χ1n) is 10.7. The number of benzene rings is 2. The number of fused-ring (bicyclic) bond motifs is 1. The second kappa shape index (κ2) is 9.06. The Labute approximate surface area is 178 Å². The van der Waals surface area contributed by atoms with E-state index in [1.807, 2.05) is 53.4 Å². The predicted octanol–water partition coefficient (Wildman–Crippen LogP) is 4.02. The van der Waals surface area contributed by atoms with Crippen molar-refractivity contribution in [1.82, 2.24) is 4.90 Å². The lowest BCUT2D eigenvalue weighted by atomic mass is 9.89. The van der Waals surface area contributed by atoms with E-state index in [1.165, 1.54) is 0 Å². The van der Waals surface area contributed by atoms with Crippen LogP contribution >= 0.6 is 0 Å². The molecule has 30 heavy (non-hydrogen) atoms. The van der Waals surface area contributed by atoms with Gasteiger partial charge in [-0.3, -0.25) is 4.79 Å². The number of nitrogens with one attached hydrogen (secondary N) is 1. The second-order valence-electron chi connectivity index (χ2n) is 7.80. The summed E-state index contributed by atoms with van der Waals surface area (Å²) < 4.78 is 16.9. The van der Waals surface area contributed by atoms with Crippen LogP contribution in [-0.4, -0.2) is 50.4 Å². The Hall–Kier alpha value is -2.57. The average Bonchev–Trinajstić information content (AvgIpc) is 3.31. The zero-order chi connectivity index (χ0) is 21.0. The smallest absolute Gasteiger partial charge is 0.258 e. The number of nitrogens with zero attached hydrogens (tertiary/aromatic N) is 1. The number of methoxy groups -OCH3 is 1. The quantitative estimate of drug-likeness (QED) is 0.712. The molecule has 0 bridgehead atoms. The van der Waals surface area contributed by atoms with Gasteiger partial charge in [-0.2, -0.15) is 0 Å². The molecule has 2 heterocycles. The molecule has 1 N–H and O–H groups in total. The van der Waals surface area contributed by atoms with Gasteiger partial charge in [0.2, 0.25) is 0 Å². The normalized spacial score (nSPS) is 23.2. The Bertz CT molecular complexity index is 864. The SMILES string of the molecule is CCC1(c2ccc(OCC3CCCO3)cc2)Nc2ccccc2C(=O)N1CCOC. The maximum atomic E-state index is 13.4. The van der Waals surface area contributed by atoms with E-state index in [0.29, 0.717) is 31.7 Å². The molecule has 1 fully saturated rings. The average molecular weight is 411 g/mol. The number of hydrogen-bond acceptors (Lipinski definition) is 5. The Kier molecular flexibility index (Phi) is 6.25. The van der Waals surface area contributed by atoms with Crippen molar-refractivity contribution in [1.29, 1.82) is 0 Å². The van der Waals surface area contributed by atoms with Gasteiger partial charge in [0.05, 0.1) is 18.3 Å². The molecule has 160 valence electrons. The summed E-state index contributed by atoms with van der Waals surface area (Å²) in [5.41, 5.74) is 1.93. The van der Waals surface area contributed by atoms with Crippen molar-refractivity contribution in [2.45, 2.75) is 38.0 Å². The summed E-state index contributed by atoms with van der Waals surface area (Å²) in [6.45, 7) is 4.46. The maximum Gasteiger partial charge on any atom is 0.258 e. The summed E-state index contributed by atoms with van der Waals surface area (Å²) in [7, 11) is 1.66. The van der Waals surface area contributed by atoms with Gasteiger partial charge in [-0.05, 0) is 49.1 Å². The number of ether oxygens (including phenoxy) is 3. The van der Waals surface area contributed by atoms with Crippen LogP contribution in [0.4, 0.5) is 5.69 Å². The summed E-state index contributed by atoms with van der Waals surface area (Å²) >= 11 is 0. The van der Waals surface area contributed by atoms with Crippen LogP contribution in [0.2, 0.25) is 0 Å². The molecule has 2 aliphatic rings. The molecule has 1 saturated heterocycles. The van der Waals surface area contributed by atoms with Crippen LogP contribution in [0, 0.1) is 0 Å². The van der Waals surface area contributed by atoms with Gasteiger partial charge < -0.3 is 24.4 Å². The first-order chi connectivity index (χ1) is 14.7. The topological polar surface area (TPSA) is 60.0 Å². The molecule has 0 aliphatic carbocycles. The van der Waals surface area contributed by atoms with Crippen molar-refractivity contribution in [2.24, 2.45) is 0 Å². The molecule has 1 amide bonds. The Morgan fingerprint density at radius 2 is 2.00 bits per heavy atom. The zero-order valence-electron chi connectivity index (χ0n) is 17.7. The Morgan fingerprint density at radius 3 is 2.70 bits per heavy atom. The third-order valence-electron chi connectivity index (χ3n) is 6.03. The van der Waals surface area contributed by atoms with Crippen molar-refractivity contribution in [3.8, 4) is 5.75 Å². The van der Waals surface area contributed by atoms with E-state index in [-0.39, 0.29) is 12.0 Å². The second-order valence-corrected chi connectivity index (χ2v) is 7.80. The fraction of sp³-hybridized carbons (Fsp3) is 0.458. The third-order valence-corrected chi connectivity index (χ3v) is 6.03. The number of rotatable bonds is 8. The van der Waals surface area contributed by atoms with E-state index in [0.717, 1.165) is 36.4 Å². The standard InChI is InChI=1S/C24H30N2O4/c1-3-24(18-10-12-19(13-11-18)30-17-20-7-6-15-29-20)25-22-9-5-4-8-21(22)23(27)26(24)14-16-28-2/h4-5,8-13,20,25H,3,6-7,14-17H2,1-2H3. The first-order valence-corrected chi connectivity index (χ1v) is 10.7. The number of carbonyl (C=O) groups is 1. The molecule has 6 heteroatoms. The lowest BCUT2D eigenvalue weighted by Gasteiger charge is -2.48. The molecule has 2 atom stereocenters. The lowest BCUT2D eigenvalue weighted by Crippen LogP contribution is -2.58. The molecule has 2 unspecified atom stereocenters. The highest BCUT2D eigenvalue weighted by molar-refractivity contribution is 6.02. The van der Waals surface area contributed by atoms with E-state index in [1.54, 1.807) is 7.11 Å². The molecule has 0 spiro atoms. The lowest BCUT2D eigenvalue weighted by molar-refractivity contribution is 0.0380. The van der Waals surface area contributed by atoms with Crippen LogP contribution in [-0.2, 0) is 15.1 Å². The minimum atomic E-state index is -0.642. The van der Waals surface area contributed by atoms with E-state index in [4.69, 9.17) is 14.2 Å². The number of hydrogen-bond donors (Lipinski definition) is 1. The summed E-state index contributed by atoms with van der Waals surface area (Å²) in [6, 6.07) is 15.7. The monoisotopic (exact) mass is 410 g/mol. The van der Waals surface area contributed by atoms with Crippen molar-refractivity contribution in [2.75, 3.05) is 38.8 Å². The molecule has 4 rings (SSSR count). The van der Waals surface area contributed by atoms with Gasteiger partial charge in [0.15, 0.2) is 0 Å². The molecule has 0 saturated carbocycles. The molecule has 6 nitrogen and oxygen atoms in total. The van der Waals surface area contributed by atoms with Crippen molar-refractivity contribution < 1.29 is 19.0 Å². The molecule has 2 aliphatic heterocycles. The van der Waals surface area contributed by atoms with Crippen LogP contribution in [0.1, 0.15) is 42.1 Å².